The molecule has 7 heteroatoms. The number of benzene rings is 15. The molecule has 0 amide bonds. The van der Waals surface area contributed by atoms with Crippen LogP contribution in [0.3, 0.4) is 0 Å². The molecule has 440 valence electrons. The van der Waals surface area contributed by atoms with Gasteiger partial charge < -0.3 is 23.5 Å². The van der Waals surface area contributed by atoms with Crippen molar-refractivity contribution in [3.05, 3.63) is 355 Å². The van der Waals surface area contributed by atoms with Gasteiger partial charge in [0.15, 0.2) is 0 Å². The fourth-order valence-corrected chi connectivity index (χ4v) is 16.6. The lowest BCUT2D eigenvalue weighted by Crippen LogP contribution is -2.34. The molecule has 0 bridgehead atoms. The molecule has 94 heavy (non-hydrogen) atoms. The highest BCUT2D eigenvalue weighted by atomic mass is 19.1. The van der Waals surface area contributed by atoms with Gasteiger partial charge in [0.25, 0.3) is 0 Å². The molecule has 0 fully saturated rings. The summed E-state index contributed by atoms with van der Waals surface area (Å²) in [5.41, 5.74) is 21.2. The lowest BCUT2D eigenvalue weighted by molar-refractivity contribution is 0.627. The molecule has 15 aromatic carbocycles. The SMILES string of the molecule is Fc1ccc(N(c2ccc3c(c2)c2ccccc2n3-c2ccccc2)c2cc3c(c4ccccc24)-c2c(cc(N(c4ccc(F)cc4)c4ccc5c(c4)c4ccccc4n5-c4ccccc4)c4ccccc24)C32c3ccccc3-n3c4ccccc4c4cccc2c43)cc1. The molecule has 20 rings (SSSR count). The molecular formula is C87H53F2N5. The number of nitrogens with zero attached hydrogens (tertiary/aromatic N) is 5. The summed E-state index contributed by atoms with van der Waals surface area (Å²) >= 11 is 0. The highest BCUT2D eigenvalue weighted by molar-refractivity contribution is 6.21. The zero-order chi connectivity index (χ0) is 61.9. The summed E-state index contributed by atoms with van der Waals surface area (Å²) in [5, 5.41) is 11.1. The Labute approximate surface area is 539 Å². The van der Waals surface area contributed by atoms with Gasteiger partial charge in [-0.1, -0.05) is 176 Å². The largest absolute Gasteiger partial charge is 0.310 e. The maximum absolute atomic E-state index is 15.6. The van der Waals surface area contributed by atoms with Gasteiger partial charge in [-0.2, -0.15) is 0 Å². The highest BCUT2D eigenvalue weighted by Gasteiger charge is 2.53. The molecule has 0 N–H and O–H groups in total. The van der Waals surface area contributed by atoms with E-state index < -0.39 is 5.41 Å². The van der Waals surface area contributed by atoms with Crippen molar-refractivity contribution in [2.75, 3.05) is 9.80 Å². The van der Waals surface area contributed by atoms with Crippen LogP contribution in [0.2, 0.25) is 0 Å². The van der Waals surface area contributed by atoms with Gasteiger partial charge in [0, 0.05) is 77.2 Å². The molecule has 2 aliphatic rings. The van der Waals surface area contributed by atoms with E-state index in [4.69, 9.17) is 0 Å². The summed E-state index contributed by atoms with van der Waals surface area (Å²) in [4.78, 5) is 4.70. The number of anilines is 6. The van der Waals surface area contributed by atoms with Crippen LogP contribution in [0.1, 0.15) is 22.3 Å². The van der Waals surface area contributed by atoms with Crippen molar-refractivity contribution in [3.63, 3.8) is 0 Å². The van der Waals surface area contributed by atoms with Gasteiger partial charge in [0.2, 0.25) is 0 Å². The summed E-state index contributed by atoms with van der Waals surface area (Å²) in [5.74, 6) is -0.617. The van der Waals surface area contributed by atoms with Gasteiger partial charge in [0.1, 0.15) is 11.6 Å². The van der Waals surface area contributed by atoms with Crippen molar-refractivity contribution in [2.24, 2.45) is 0 Å². The lowest BCUT2D eigenvalue weighted by Gasteiger charge is -2.40. The van der Waals surface area contributed by atoms with Crippen LogP contribution < -0.4 is 9.80 Å². The molecule has 0 atom stereocenters. The Morgan fingerprint density at radius 3 is 1.10 bits per heavy atom. The Balaban J connectivity index is 0.922. The number of para-hydroxylation sites is 7. The monoisotopic (exact) mass is 1210 g/mol. The minimum Gasteiger partial charge on any atom is -0.310 e. The Bertz CT molecular complexity index is 5900. The van der Waals surface area contributed by atoms with Crippen LogP contribution in [0.15, 0.2) is 322 Å². The molecule has 0 unspecified atom stereocenters. The third-order valence-electron chi connectivity index (χ3n) is 20.3. The highest BCUT2D eigenvalue weighted by Crippen LogP contribution is 2.66. The van der Waals surface area contributed by atoms with Crippen molar-refractivity contribution in [1.82, 2.24) is 13.7 Å². The van der Waals surface area contributed by atoms with Gasteiger partial charge in [-0.3, -0.25) is 0 Å². The summed E-state index contributed by atoms with van der Waals surface area (Å²) in [6.45, 7) is 0. The predicted molar refractivity (Wildman–Crippen MR) is 385 cm³/mol. The number of hydrogen-bond acceptors (Lipinski definition) is 2. The molecule has 1 aliphatic carbocycles. The van der Waals surface area contributed by atoms with E-state index in [0.717, 1.165) is 161 Å². The summed E-state index contributed by atoms with van der Waals surface area (Å²) in [6.07, 6.45) is 0. The van der Waals surface area contributed by atoms with Crippen LogP contribution in [0.4, 0.5) is 42.9 Å². The molecule has 1 aliphatic heterocycles. The van der Waals surface area contributed by atoms with Crippen LogP contribution in [0.5, 0.6) is 0 Å². The number of rotatable bonds is 8. The number of aromatic nitrogens is 3. The average Bonchev–Trinajstić information content (AvgIpc) is 1.47. The first-order valence-electron chi connectivity index (χ1n) is 32.0. The second-order valence-electron chi connectivity index (χ2n) is 25.0. The second kappa shape index (κ2) is 19.8. The molecule has 18 aromatic rings. The maximum Gasteiger partial charge on any atom is 0.123 e. The Morgan fingerprint density at radius 1 is 0.245 bits per heavy atom. The summed E-state index contributed by atoms with van der Waals surface area (Å²) in [6, 6.07) is 113. The van der Waals surface area contributed by atoms with E-state index >= 15 is 8.78 Å². The van der Waals surface area contributed by atoms with E-state index in [1.165, 1.54) is 10.8 Å². The topological polar surface area (TPSA) is 21.3 Å². The number of hydrogen-bond donors (Lipinski definition) is 0. The quantitative estimate of drug-likeness (QED) is 0.151. The van der Waals surface area contributed by atoms with E-state index in [9.17, 15) is 0 Å². The minimum atomic E-state index is -0.980. The predicted octanol–water partition coefficient (Wildman–Crippen LogP) is 23.2. The van der Waals surface area contributed by atoms with E-state index in [0.29, 0.717) is 0 Å². The summed E-state index contributed by atoms with van der Waals surface area (Å²) in [7, 11) is 0. The first kappa shape index (κ1) is 52.5. The first-order valence-corrected chi connectivity index (χ1v) is 32.0. The van der Waals surface area contributed by atoms with Gasteiger partial charge in [-0.15, -0.1) is 0 Å². The fraction of sp³-hybridized carbons (Fsp3) is 0.0115. The van der Waals surface area contributed by atoms with Crippen LogP contribution in [0, 0.1) is 11.6 Å². The summed E-state index contributed by atoms with van der Waals surface area (Å²) < 4.78 is 38.3. The molecule has 1 spiro atoms. The van der Waals surface area contributed by atoms with Crippen molar-refractivity contribution in [2.45, 2.75) is 5.41 Å². The van der Waals surface area contributed by atoms with Crippen molar-refractivity contribution in [3.8, 4) is 28.2 Å². The number of fused-ring (bicyclic) bond motifs is 22. The minimum absolute atomic E-state index is 0.309. The van der Waals surface area contributed by atoms with Gasteiger partial charge in [-0.25, -0.2) is 8.78 Å². The molecule has 0 radical (unpaired) electrons. The average molecular weight is 1210 g/mol. The van der Waals surface area contributed by atoms with Crippen molar-refractivity contribution in [1.29, 1.82) is 0 Å². The zero-order valence-corrected chi connectivity index (χ0v) is 50.6. The van der Waals surface area contributed by atoms with Gasteiger partial charge in [-0.05, 0) is 190 Å². The van der Waals surface area contributed by atoms with Crippen molar-refractivity contribution >= 4 is 121 Å². The van der Waals surface area contributed by atoms with E-state index in [2.05, 4.69) is 296 Å². The molecule has 0 saturated carbocycles. The molecular weight excluding hydrogens is 1150 g/mol. The Kier molecular flexibility index (Phi) is 11.1. The van der Waals surface area contributed by atoms with Gasteiger partial charge in [0.05, 0.1) is 55.6 Å². The zero-order valence-electron chi connectivity index (χ0n) is 50.6. The molecule has 4 heterocycles. The Hall–Kier alpha value is -12.3. The fourth-order valence-electron chi connectivity index (χ4n) is 16.6. The van der Waals surface area contributed by atoms with E-state index in [-0.39, 0.29) is 11.6 Å². The third-order valence-corrected chi connectivity index (χ3v) is 20.3. The molecule has 3 aromatic heterocycles. The smallest absolute Gasteiger partial charge is 0.123 e. The molecule has 0 saturated heterocycles. The normalized spacial score (nSPS) is 12.9. The standard InChI is InChI=1S/C87H53F2N5/c88-54-38-42-58(43-39-54)90(60-46-48-79-70(50-60)65-27-12-15-34-76(65)92(79)56-20-3-1-4-21-56)82-52-74-84(67-29-9-7-24-62(67)82)85-68-30-10-8-25-63(68)83(53-75(85)87(74)72-32-14-18-37-81(72)94-78-36-17-11-26-64(78)69-31-19-33-73(87)86(69)94)91(59-44-40-55(89)41-45-59)61-47-49-80-71(51-61)66-28-13-16-35-77(66)93(80)57-22-5-2-6-23-57/h1-53H. The lowest BCUT2D eigenvalue weighted by atomic mass is 9.65. The van der Waals surface area contributed by atoms with Crippen LogP contribution in [-0.4, -0.2) is 13.7 Å². The Morgan fingerprint density at radius 2 is 0.606 bits per heavy atom. The van der Waals surface area contributed by atoms with Crippen LogP contribution in [-0.2, 0) is 5.41 Å². The second-order valence-corrected chi connectivity index (χ2v) is 25.0. The van der Waals surface area contributed by atoms with Crippen LogP contribution >= 0.6 is 0 Å². The maximum atomic E-state index is 15.6. The van der Waals surface area contributed by atoms with E-state index in [1.54, 1.807) is 24.3 Å². The first-order chi connectivity index (χ1) is 46.5. The van der Waals surface area contributed by atoms with Crippen molar-refractivity contribution < 1.29 is 8.78 Å². The van der Waals surface area contributed by atoms with Crippen LogP contribution in [0.25, 0.3) is 115 Å². The third kappa shape index (κ3) is 7.20. The van der Waals surface area contributed by atoms with E-state index in [1.807, 2.05) is 24.3 Å². The van der Waals surface area contributed by atoms with Gasteiger partial charge >= 0.3 is 0 Å². The molecule has 5 nitrogen and oxygen atoms in total. The number of halogens is 2.